The Balaban J connectivity index is 0.00000324. The largest absolute Gasteiger partial charge is 0.399 e. The van der Waals surface area contributed by atoms with Crippen molar-refractivity contribution in [2.75, 3.05) is 22.9 Å². The van der Waals surface area contributed by atoms with Gasteiger partial charge in [0.25, 0.3) is 0 Å². The maximum absolute atomic E-state index is 6.28. The van der Waals surface area contributed by atoms with Crippen LogP contribution in [0.5, 0.6) is 0 Å². The molecule has 0 amide bonds. The van der Waals surface area contributed by atoms with Crippen LogP contribution in [0.15, 0.2) is 72.8 Å². The first-order valence-corrected chi connectivity index (χ1v) is 14.6. The van der Waals surface area contributed by atoms with Crippen molar-refractivity contribution < 1.29 is 19.5 Å². The summed E-state index contributed by atoms with van der Waals surface area (Å²) in [5.74, 6) is 1.96. The molecule has 0 atom stereocenters. The third-order valence-electron chi connectivity index (χ3n) is 8.64. The fourth-order valence-electron chi connectivity index (χ4n) is 6.42. The zero-order valence-electron chi connectivity index (χ0n) is 25.5. The molecule has 13 heteroatoms. The van der Waals surface area contributed by atoms with E-state index in [-0.39, 0.29) is 19.5 Å². The van der Waals surface area contributed by atoms with Crippen LogP contribution in [0.4, 0.5) is 22.7 Å². The average Bonchev–Trinajstić information content (AvgIpc) is 3.70. The first-order chi connectivity index (χ1) is 22.2. The number of hydrogen-bond acceptors (Lipinski definition) is 10. The Hall–Kier alpha value is -5.94. The number of nitrogens with two attached hydrogens (primary N) is 4. The summed E-state index contributed by atoms with van der Waals surface area (Å²) in [6.45, 7) is 0. The Morgan fingerprint density at radius 2 is 0.702 bits per heavy atom. The number of nitrogens with zero attached hydrogens (tertiary/aromatic N) is 8. The minimum atomic E-state index is 0. The van der Waals surface area contributed by atoms with E-state index in [1.807, 2.05) is 96.0 Å². The zero-order chi connectivity index (χ0) is 31.4. The summed E-state index contributed by atoms with van der Waals surface area (Å²) in [7, 11) is 3.83. The van der Waals surface area contributed by atoms with Gasteiger partial charge in [0.15, 0.2) is 23.3 Å². The number of anilines is 4. The topological polar surface area (TPSA) is 191 Å². The summed E-state index contributed by atoms with van der Waals surface area (Å²) < 4.78 is 3.85. The quantitative estimate of drug-likeness (QED) is 0.123. The second kappa shape index (κ2) is 10.0. The summed E-state index contributed by atoms with van der Waals surface area (Å²) in [5.41, 5.74) is 33.2. The van der Waals surface area contributed by atoms with Gasteiger partial charge >= 0.3 is 0 Å². The number of benzene rings is 4. The summed E-state index contributed by atoms with van der Waals surface area (Å²) in [6, 6.07) is 22.7. The maximum atomic E-state index is 6.28. The Bertz CT molecular complexity index is 2670. The predicted molar refractivity (Wildman–Crippen MR) is 183 cm³/mol. The van der Waals surface area contributed by atoms with Crippen LogP contribution in [-0.2, 0) is 33.6 Å². The summed E-state index contributed by atoms with van der Waals surface area (Å²) in [5, 5.41) is 3.37. The van der Waals surface area contributed by atoms with E-state index in [2.05, 4.69) is 0 Å². The van der Waals surface area contributed by atoms with Crippen LogP contribution < -0.4 is 22.9 Å². The number of rotatable bonds is 0. The van der Waals surface area contributed by atoms with Gasteiger partial charge in [-0.15, -0.1) is 0 Å². The molecule has 0 fully saturated rings. The fourth-order valence-corrected chi connectivity index (χ4v) is 6.42. The number of aryl methyl sites for hydroxylation is 2. The van der Waals surface area contributed by atoms with E-state index < -0.39 is 0 Å². The molecule has 12 nitrogen and oxygen atoms in total. The molecule has 224 valence electrons. The summed E-state index contributed by atoms with van der Waals surface area (Å²) in [6.07, 6.45) is 0. The first kappa shape index (κ1) is 28.5. The number of fused-ring (bicyclic) bond motifs is 20. The van der Waals surface area contributed by atoms with Gasteiger partial charge in [0, 0.05) is 100 Å². The SMILES string of the molecule is Cn1c2nc3nc(nc4c5cc(N)ccc5c(nc5nc(nc1c1cc(N)ccc12)-c1ccc(N)cc1-5)n4C)-c1cc(N)ccc1-3.[Zn]. The second-order valence-corrected chi connectivity index (χ2v) is 11.6. The molecule has 8 bridgehead atoms. The molecule has 0 saturated carbocycles. The third-order valence-corrected chi connectivity index (χ3v) is 8.64. The van der Waals surface area contributed by atoms with E-state index in [4.69, 9.17) is 52.8 Å². The molecule has 0 saturated heterocycles. The van der Waals surface area contributed by atoms with Crippen molar-refractivity contribution >= 4 is 66.9 Å². The monoisotopic (exact) mass is 666 g/mol. The van der Waals surface area contributed by atoms with Gasteiger partial charge in [0.05, 0.1) is 0 Å². The van der Waals surface area contributed by atoms with E-state index >= 15 is 0 Å². The Morgan fingerprint density at radius 1 is 0.383 bits per heavy atom. The summed E-state index contributed by atoms with van der Waals surface area (Å²) in [4.78, 5) is 30.4. The van der Waals surface area contributed by atoms with Gasteiger partial charge < -0.3 is 32.1 Å². The van der Waals surface area contributed by atoms with Crippen LogP contribution in [0.3, 0.4) is 0 Å². The van der Waals surface area contributed by atoms with Crippen LogP contribution in [-0.4, -0.2) is 39.0 Å². The van der Waals surface area contributed by atoms with Gasteiger partial charge in [-0.2, -0.15) is 0 Å². The minimum Gasteiger partial charge on any atom is -0.399 e. The van der Waals surface area contributed by atoms with E-state index in [9.17, 15) is 0 Å². The molecule has 3 aromatic heterocycles. The minimum absolute atomic E-state index is 0. The molecule has 2 aliphatic rings. The first-order valence-electron chi connectivity index (χ1n) is 14.6. The molecular formula is C34H26N12Zn. The average molecular weight is 668 g/mol. The molecule has 8 N–H and O–H groups in total. The van der Waals surface area contributed by atoms with Gasteiger partial charge in [-0.05, 0) is 72.8 Å². The smallest absolute Gasteiger partial charge is 0.164 e. The van der Waals surface area contributed by atoms with Crippen LogP contribution >= 0.6 is 0 Å². The molecule has 5 heterocycles. The molecular weight excluding hydrogens is 642 g/mol. The fraction of sp³-hybridized carbons (Fsp3) is 0.0588. The maximum Gasteiger partial charge on any atom is 0.164 e. The van der Waals surface area contributed by atoms with Gasteiger partial charge in [0.1, 0.15) is 22.6 Å². The van der Waals surface area contributed by atoms with Crippen LogP contribution in [0.2, 0.25) is 0 Å². The van der Waals surface area contributed by atoms with E-state index in [1.165, 1.54) is 0 Å². The van der Waals surface area contributed by atoms with E-state index in [1.54, 1.807) is 0 Å². The van der Waals surface area contributed by atoms with Crippen molar-refractivity contribution in [3.8, 4) is 45.6 Å². The van der Waals surface area contributed by atoms with Gasteiger partial charge in [0.2, 0.25) is 0 Å². The summed E-state index contributed by atoms with van der Waals surface area (Å²) >= 11 is 0. The molecule has 9 rings (SSSR count). The predicted octanol–water partition coefficient (Wildman–Crippen LogP) is 5.22. The second-order valence-electron chi connectivity index (χ2n) is 11.6. The van der Waals surface area contributed by atoms with Crippen molar-refractivity contribution in [3.05, 3.63) is 72.8 Å². The number of hydrogen-bond donors (Lipinski definition) is 4. The molecule has 0 unspecified atom stereocenters. The number of nitrogen functional groups attached to an aromatic ring is 4. The molecule has 7 aromatic rings. The van der Waals surface area contributed by atoms with Crippen LogP contribution in [0.1, 0.15) is 0 Å². The van der Waals surface area contributed by atoms with Gasteiger partial charge in [-0.1, -0.05) is 0 Å². The van der Waals surface area contributed by atoms with Crippen molar-refractivity contribution in [1.82, 2.24) is 39.0 Å². The molecule has 4 aromatic carbocycles. The van der Waals surface area contributed by atoms with Crippen LogP contribution in [0.25, 0.3) is 89.7 Å². The Kier molecular flexibility index (Phi) is 6.09. The van der Waals surface area contributed by atoms with Gasteiger partial charge in [-0.3, -0.25) is 0 Å². The Labute approximate surface area is 279 Å². The molecule has 0 aliphatic carbocycles. The molecule has 2 aliphatic heterocycles. The standard InChI is InChI=1S/C34H26N12.Zn/c1-45-31-21-9-5-17(37)13-25(21)33(45)42-28-20-8-4-15(35)11-23(20)29(40-28)43-32-22-10-6-18(38)14-26(22)34(46(32)2)44-30-24-12-16(36)3-7-19(24)27(39-30)41-31;/h3-14H,35-38H2,1-2H3;. The van der Waals surface area contributed by atoms with Crippen molar-refractivity contribution in [2.45, 2.75) is 0 Å². The normalized spacial score (nSPS) is 11.8. The molecule has 0 spiro atoms. The van der Waals surface area contributed by atoms with Crippen LogP contribution in [0, 0.1) is 0 Å². The molecule has 47 heavy (non-hydrogen) atoms. The molecule has 0 radical (unpaired) electrons. The van der Waals surface area contributed by atoms with Gasteiger partial charge in [-0.25, -0.2) is 29.9 Å². The third kappa shape index (κ3) is 4.16. The van der Waals surface area contributed by atoms with E-state index in [0.29, 0.717) is 68.6 Å². The Morgan fingerprint density at radius 3 is 1.11 bits per heavy atom. The van der Waals surface area contributed by atoms with Crippen molar-refractivity contribution in [1.29, 1.82) is 0 Å². The number of aromatic nitrogens is 8. The van der Waals surface area contributed by atoms with Crippen molar-refractivity contribution in [2.24, 2.45) is 14.1 Å². The zero-order valence-corrected chi connectivity index (χ0v) is 28.5. The van der Waals surface area contributed by atoms with E-state index in [0.717, 1.165) is 43.8 Å². The van der Waals surface area contributed by atoms with Crippen molar-refractivity contribution in [3.63, 3.8) is 0 Å².